The van der Waals surface area contributed by atoms with Gasteiger partial charge in [-0.05, 0) is 56.3 Å². The van der Waals surface area contributed by atoms with Gasteiger partial charge in [0.25, 0.3) is 11.8 Å². The molecule has 2 heterocycles. The first-order valence-electron chi connectivity index (χ1n) is 12.5. The van der Waals surface area contributed by atoms with Crippen LogP contribution in [0.15, 0.2) is 48.5 Å². The molecular formula is C27H30N6O5S. The van der Waals surface area contributed by atoms with Gasteiger partial charge in [-0.3, -0.25) is 24.5 Å². The van der Waals surface area contributed by atoms with E-state index < -0.39 is 5.92 Å². The standard InChI is InChI=1S/C27H30N6O5S/c1-16(2)33-15-19(14-23(33)34)26(37)29-20-9-7-17(8-10-20)25(36)30-27-32-31-22(39-27)11-12-28-24(35)18-5-4-6-21(13-18)38-3/h4-10,13,16,19H,11-12,14-15H2,1-3H3,(H,28,35)(H,29,37)(H,30,32,36). The molecule has 4 rings (SSSR count). The number of nitrogens with one attached hydrogen (secondary N) is 3. The quantitative estimate of drug-likeness (QED) is 0.352. The van der Waals surface area contributed by atoms with Gasteiger partial charge in [0.05, 0.1) is 13.0 Å². The van der Waals surface area contributed by atoms with Crippen molar-refractivity contribution in [1.29, 1.82) is 0 Å². The van der Waals surface area contributed by atoms with Crippen LogP contribution in [-0.2, 0) is 16.0 Å². The first-order valence-corrected chi connectivity index (χ1v) is 13.3. The fourth-order valence-corrected chi connectivity index (χ4v) is 4.81. The van der Waals surface area contributed by atoms with Crippen LogP contribution in [0, 0.1) is 5.92 Å². The van der Waals surface area contributed by atoms with Gasteiger partial charge in [0, 0.05) is 48.8 Å². The second-order valence-corrected chi connectivity index (χ2v) is 10.4. The number of carbonyl (C=O) groups excluding carboxylic acids is 4. The van der Waals surface area contributed by atoms with E-state index in [2.05, 4.69) is 26.1 Å². The van der Waals surface area contributed by atoms with Crippen LogP contribution in [0.1, 0.15) is 46.0 Å². The van der Waals surface area contributed by atoms with E-state index in [4.69, 9.17) is 4.74 Å². The summed E-state index contributed by atoms with van der Waals surface area (Å²) in [5, 5.41) is 17.4. The average molecular weight is 551 g/mol. The van der Waals surface area contributed by atoms with Crippen molar-refractivity contribution >= 4 is 45.8 Å². The molecule has 1 aromatic heterocycles. The van der Waals surface area contributed by atoms with Crippen LogP contribution < -0.4 is 20.7 Å². The fraction of sp³-hybridized carbons (Fsp3) is 0.333. The Labute approximate surface area is 230 Å². The Bertz CT molecular complexity index is 1360. The maximum absolute atomic E-state index is 12.6. The predicted octanol–water partition coefficient (Wildman–Crippen LogP) is 2.97. The van der Waals surface area contributed by atoms with Gasteiger partial charge < -0.3 is 20.3 Å². The normalized spacial score (nSPS) is 14.8. The molecule has 1 atom stereocenters. The summed E-state index contributed by atoms with van der Waals surface area (Å²) in [6.45, 7) is 4.61. The van der Waals surface area contributed by atoms with Gasteiger partial charge in [-0.15, -0.1) is 10.2 Å². The molecule has 0 aliphatic carbocycles. The van der Waals surface area contributed by atoms with Crippen LogP contribution in [0.3, 0.4) is 0 Å². The smallest absolute Gasteiger partial charge is 0.257 e. The third-order valence-corrected chi connectivity index (χ3v) is 7.11. The Balaban J connectivity index is 1.24. The summed E-state index contributed by atoms with van der Waals surface area (Å²) in [4.78, 5) is 51.3. The molecule has 2 aromatic carbocycles. The molecular weight excluding hydrogens is 520 g/mol. The number of methoxy groups -OCH3 is 1. The summed E-state index contributed by atoms with van der Waals surface area (Å²) in [6, 6.07) is 13.4. The molecule has 3 aromatic rings. The zero-order valence-corrected chi connectivity index (χ0v) is 22.7. The molecule has 0 bridgehead atoms. The van der Waals surface area contributed by atoms with Gasteiger partial charge in [0.15, 0.2) is 0 Å². The van der Waals surface area contributed by atoms with Gasteiger partial charge in [-0.25, -0.2) is 0 Å². The minimum Gasteiger partial charge on any atom is -0.497 e. The van der Waals surface area contributed by atoms with Crippen LogP contribution in [0.2, 0.25) is 0 Å². The molecule has 4 amide bonds. The van der Waals surface area contributed by atoms with Crippen LogP contribution in [0.25, 0.3) is 0 Å². The van der Waals surface area contributed by atoms with Crippen molar-refractivity contribution < 1.29 is 23.9 Å². The van der Waals surface area contributed by atoms with Gasteiger partial charge in [0.1, 0.15) is 10.8 Å². The minimum absolute atomic E-state index is 0.0185. The minimum atomic E-state index is -0.398. The number of likely N-dealkylation sites (tertiary alicyclic amines) is 1. The summed E-state index contributed by atoms with van der Waals surface area (Å²) in [5.41, 5.74) is 1.43. The summed E-state index contributed by atoms with van der Waals surface area (Å²) >= 11 is 1.22. The van der Waals surface area contributed by atoms with Crippen molar-refractivity contribution in [2.24, 2.45) is 5.92 Å². The van der Waals surface area contributed by atoms with Crippen molar-refractivity contribution in [2.75, 3.05) is 30.8 Å². The zero-order valence-electron chi connectivity index (χ0n) is 21.9. The lowest BCUT2D eigenvalue weighted by atomic mass is 10.1. The summed E-state index contributed by atoms with van der Waals surface area (Å²) < 4.78 is 5.14. The van der Waals surface area contributed by atoms with Crippen molar-refractivity contribution in [2.45, 2.75) is 32.7 Å². The van der Waals surface area contributed by atoms with Crippen molar-refractivity contribution in [1.82, 2.24) is 20.4 Å². The maximum Gasteiger partial charge on any atom is 0.257 e. The monoisotopic (exact) mass is 550 g/mol. The molecule has 0 spiro atoms. The Hall–Kier alpha value is -4.32. The SMILES string of the molecule is COc1cccc(C(=O)NCCc2nnc(NC(=O)c3ccc(NC(=O)C4CC(=O)N(C(C)C)C4)cc3)s2)c1. The van der Waals surface area contributed by atoms with E-state index in [1.165, 1.54) is 11.3 Å². The predicted molar refractivity (Wildman–Crippen MR) is 147 cm³/mol. The largest absolute Gasteiger partial charge is 0.497 e. The fourth-order valence-electron chi connectivity index (χ4n) is 4.08. The lowest BCUT2D eigenvalue weighted by molar-refractivity contribution is -0.129. The molecule has 1 fully saturated rings. The maximum atomic E-state index is 12.6. The summed E-state index contributed by atoms with van der Waals surface area (Å²) in [5.74, 6) is -0.618. The third-order valence-electron chi connectivity index (χ3n) is 6.21. The number of benzene rings is 2. The highest BCUT2D eigenvalue weighted by atomic mass is 32.1. The Morgan fingerprint density at radius 3 is 2.51 bits per heavy atom. The van der Waals surface area contributed by atoms with Gasteiger partial charge >= 0.3 is 0 Å². The Morgan fingerprint density at radius 1 is 1.05 bits per heavy atom. The number of aromatic nitrogens is 2. The molecule has 0 radical (unpaired) electrons. The molecule has 1 unspecified atom stereocenters. The Morgan fingerprint density at radius 2 is 1.82 bits per heavy atom. The number of amides is 4. The number of anilines is 2. The molecule has 39 heavy (non-hydrogen) atoms. The van der Waals surface area contributed by atoms with E-state index in [0.29, 0.717) is 52.2 Å². The number of nitrogens with zero attached hydrogens (tertiary/aromatic N) is 3. The van der Waals surface area contributed by atoms with E-state index in [9.17, 15) is 19.2 Å². The lowest BCUT2D eigenvalue weighted by Crippen LogP contribution is -2.33. The highest BCUT2D eigenvalue weighted by Crippen LogP contribution is 2.22. The van der Waals surface area contributed by atoms with Crippen LogP contribution >= 0.6 is 11.3 Å². The van der Waals surface area contributed by atoms with Gasteiger partial charge in [-0.1, -0.05) is 17.4 Å². The summed E-state index contributed by atoms with van der Waals surface area (Å²) in [7, 11) is 1.54. The zero-order chi connectivity index (χ0) is 27.9. The van der Waals surface area contributed by atoms with Crippen LogP contribution in [0.5, 0.6) is 5.75 Å². The number of hydrogen-bond donors (Lipinski definition) is 3. The average Bonchev–Trinajstić information content (AvgIpc) is 3.55. The van der Waals surface area contributed by atoms with E-state index >= 15 is 0 Å². The highest BCUT2D eigenvalue weighted by molar-refractivity contribution is 7.15. The number of rotatable bonds is 10. The molecule has 0 saturated carbocycles. The second kappa shape index (κ2) is 12.5. The van der Waals surface area contributed by atoms with Crippen molar-refractivity contribution in [3.8, 4) is 5.75 Å². The van der Waals surface area contributed by atoms with Gasteiger partial charge in [0.2, 0.25) is 16.9 Å². The van der Waals surface area contributed by atoms with E-state index in [1.54, 1.807) is 60.5 Å². The first-order chi connectivity index (χ1) is 18.7. The molecule has 1 saturated heterocycles. The van der Waals surface area contributed by atoms with Crippen LogP contribution in [-0.4, -0.2) is 65.0 Å². The molecule has 12 heteroatoms. The number of hydrogen-bond acceptors (Lipinski definition) is 8. The Kier molecular flexibility index (Phi) is 8.87. The number of carbonyl (C=O) groups is 4. The molecule has 11 nitrogen and oxygen atoms in total. The molecule has 3 N–H and O–H groups in total. The topological polar surface area (TPSA) is 143 Å². The highest BCUT2D eigenvalue weighted by Gasteiger charge is 2.35. The van der Waals surface area contributed by atoms with Gasteiger partial charge in [-0.2, -0.15) is 0 Å². The van der Waals surface area contributed by atoms with E-state index in [0.717, 1.165) is 0 Å². The van der Waals surface area contributed by atoms with E-state index in [1.807, 2.05) is 13.8 Å². The second-order valence-electron chi connectivity index (χ2n) is 9.30. The third kappa shape index (κ3) is 7.17. The molecule has 1 aliphatic heterocycles. The first kappa shape index (κ1) is 27.7. The van der Waals surface area contributed by atoms with Crippen LogP contribution in [0.4, 0.5) is 10.8 Å². The molecule has 1 aliphatic rings. The molecule has 204 valence electrons. The number of ether oxygens (including phenoxy) is 1. The van der Waals surface area contributed by atoms with E-state index in [-0.39, 0.29) is 36.1 Å². The lowest BCUT2D eigenvalue weighted by Gasteiger charge is -2.20. The van der Waals surface area contributed by atoms with Crippen molar-refractivity contribution in [3.05, 3.63) is 64.7 Å². The summed E-state index contributed by atoms with van der Waals surface area (Å²) in [6.07, 6.45) is 0.655. The van der Waals surface area contributed by atoms with Crippen molar-refractivity contribution in [3.63, 3.8) is 0 Å².